The van der Waals surface area contributed by atoms with Gasteiger partial charge in [-0.3, -0.25) is 4.57 Å². The second-order valence-corrected chi connectivity index (χ2v) is 8.03. The largest absolute Gasteiger partial charge is 0.463 e. The molecule has 4 rings (SSSR count). The van der Waals surface area contributed by atoms with E-state index in [4.69, 9.17) is 15.9 Å². The maximum Gasteiger partial charge on any atom is 0.360 e. The highest BCUT2D eigenvalue weighted by Gasteiger charge is 2.28. The maximum atomic E-state index is 11.8. The number of nitrogens with zero attached hydrogens (tertiary/aromatic N) is 2. The SMILES string of the molecule is Nc1ccc(CCn2cnc3ccccc32)c(-c2occc2P(=O)(O)O)c1N. The van der Waals surface area contributed by atoms with Gasteiger partial charge in [0.25, 0.3) is 0 Å². The molecule has 0 aliphatic carbocycles. The van der Waals surface area contributed by atoms with Gasteiger partial charge in [-0.15, -0.1) is 0 Å². The summed E-state index contributed by atoms with van der Waals surface area (Å²) in [5, 5.41) is -0.209. The van der Waals surface area contributed by atoms with Gasteiger partial charge in [-0.2, -0.15) is 0 Å². The van der Waals surface area contributed by atoms with E-state index in [2.05, 4.69) is 4.98 Å². The van der Waals surface area contributed by atoms with Crippen LogP contribution in [0.4, 0.5) is 11.4 Å². The highest BCUT2D eigenvalue weighted by Crippen LogP contribution is 2.42. The number of fused-ring (bicyclic) bond motifs is 1. The van der Waals surface area contributed by atoms with Gasteiger partial charge < -0.3 is 30.2 Å². The molecule has 0 unspecified atom stereocenters. The summed E-state index contributed by atoms with van der Waals surface area (Å²) in [6.07, 6.45) is 3.54. The molecule has 28 heavy (non-hydrogen) atoms. The molecule has 0 bridgehead atoms. The summed E-state index contributed by atoms with van der Waals surface area (Å²) >= 11 is 0. The van der Waals surface area contributed by atoms with E-state index in [0.717, 1.165) is 16.6 Å². The molecule has 2 heterocycles. The Labute approximate surface area is 160 Å². The first-order valence-electron chi connectivity index (χ1n) is 8.57. The van der Waals surface area contributed by atoms with E-state index in [0.29, 0.717) is 24.2 Å². The number of nitrogen functional groups attached to an aromatic ring is 2. The second kappa shape index (κ2) is 6.83. The van der Waals surface area contributed by atoms with Crippen molar-refractivity contribution in [3.05, 3.63) is 60.6 Å². The minimum absolute atomic E-state index is 0.0450. The molecule has 0 amide bonds. The zero-order chi connectivity index (χ0) is 19.9. The number of nitrogens with two attached hydrogens (primary N) is 2. The number of imidazole rings is 1. The van der Waals surface area contributed by atoms with Crippen LogP contribution in [0.3, 0.4) is 0 Å². The Bertz CT molecular complexity index is 1210. The summed E-state index contributed by atoms with van der Waals surface area (Å²) in [4.78, 5) is 23.7. The monoisotopic (exact) mass is 398 g/mol. The van der Waals surface area contributed by atoms with Crippen molar-refractivity contribution in [2.75, 3.05) is 11.5 Å². The second-order valence-electron chi connectivity index (χ2n) is 6.46. The quantitative estimate of drug-likeness (QED) is 0.299. The number of aryl methyl sites for hydroxylation is 2. The lowest BCUT2D eigenvalue weighted by Crippen LogP contribution is -2.09. The van der Waals surface area contributed by atoms with Gasteiger partial charge in [0.2, 0.25) is 0 Å². The molecule has 8 nitrogen and oxygen atoms in total. The molecule has 0 fully saturated rings. The van der Waals surface area contributed by atoms with Crippen molar-refractivity contribution in [1.29, 1.82) is 0 Å². The lowest BCUT2D eigenvalue weighted by atomic mass is 9.99. The first kappa shape index (κ1) is 18.3. The molecule has 0 atom stereocenters. The van der Waals surface area contributed by atoms with Gasteiger partial charge in [-0.1, -0.05) is 18.2 Å². The Morgan fingerprint density at radius 3 is 2.68 bits per heavy atom. The van der Waals surface area contributed by atoms with Crippen molar-refractivity contribution < 1.29 is 18.8 Å². The van der Waals surface area contributed by atoms with Crippen molar-refractivity contribution in [2.24, 2.45) is 0 Å². The predicted molar refractivity (Wildman–Crippen MR) is 108 cm³/mol. The Kier molecular flexibility index (Phi) is 4.47. The number of hydrogen-bond acceptors (Lipinski definition) is 5. The Morgan fingerprint density at radius 1 is 1.11 bits per heavy atom. The standard InChI is InChI=1S/C19H19N4O4P/c20-13-6-5-12(7-9-23-11-22-14-3-1-2-4-15(14)23)17(18(13)21)19-16(8-10-27-19)28(24,25)26/h1-6,8,10-11H,7,9,20-21H2,(H2,24,25,26). The van der Waals surface area contributed by atoms with Gasteiger partial charge in [-0.25, -0.2) is 4.98 Å². The van der Waals surface area contributed by atoms with Gasteiger partial charge >= 0.3 is 7.60 Å². The van der Waals surface area contributed by atoms with Gasteiger partial charge in [0.15, 0.2) is 5.76 Å². The fourth-order valence-electron chi connectivity index (χ4n) is 3.31. The van der Waals surface area contributed by atoms with Crippen LogP contribution in [0.1, 0.15) is 5.56 Å². The van der Waals surface area contributed by atoms with Crippen LogP contribution in [0.5, 0.6) is 0 Å². The fraction of sp³-hybridized carbons (Fsp3) is 0.105. The minimum Gasteiger partial charge on any atom is -0.463 e. The summed E-state index contributed by atoms with van der Waals surface area (Å²) < 4.78 is 19.3. The molecular formula is C19H19N4O4P. The number of hydrogen-bond donors (Lipinski definition) is 4. The average Bonchev–Trinajstić information content (AvgIpc) is 3.29. The van der Waals surface area contributed by atoms with E-state index < -0.39 is 7.60 Å². The molecule has 0 aliphatic heterocycles. The summed E-state index contributed by atoms with van der Waals surface area (Å²) in [7, 11) is -4.53. The van der Waals surface area contributed by atoms with Crippen LogP contribution in [-0.4, -0.2) is 19.3 Å². The highest BCUT2D eigenvalue weighted by molar-refractivity contribution is 7.60. The molecule has 144 valence electrons. The zero-order valence-corrected chi connectivity index (χ0v) is 15.7. The number of para-hydroxylation sites is 2. The molecule has 2 aromatic carbocycles. The minimum atomic E-state index is -4.53. The topological polar surface area (TPSA) is 141 Å². The molecule has 6 N–H and O–H groups in total. The predicted octanol–water partition coefficient (Wildman–Crippen LogP) is 2.51. The lowest BCUT2D eigenvalue weighted by Gasteiger charge is -2.15. The molecule has 0 saturated heterocycles. The first-order valence-corrected chi connectivity index (χ1v) is 10.2. The van der Waals surface area contributed by atoms with E-state index in [-0.39, 0.29) is 16.8 Å². The van der Waals surface area contributed by atoms with Gasteiger partial charge in [-0.05, 0) is 36.2 Å². The Balaban J connectivity index is 1.76. The van der Waals surface area contributed by atoms with E-state index in [1.54, 1.807) is 18.5 Å². The number of benzene rings is 2. The van der Waals surface area contributed by atoms with Crippen LogP contribution in [0.25, 0.3) is 22.4 Å². The molecule has 0 radical (unpaired) electrons. The molecule has 0 aliphatic rings. The van der Waals surface area contributed by atoms with Gasteiger partial charge in [0, 0.05) is 12.1 Å². The third kappa shape index (κ3) is 3.18. The smallest absolute Gasteiger partial charge is 0.360 e. The van der Waals surface area contributed by atoms with E-state index >= 15 is 0 Å². The Morgan fingerprint density at radius 2 is 1.89 bits per heavy atom. The summed E-state index contributed by atoms with van der Waals surface area (Å²) in [6.45, 7) is 0.600. The van der Waals surface area contributed by atoms with Crippen LogP contribution >= 0.6 is 7.60 Å². The summed E-state index contributed by atoms with van der Waals surface area (Å²) in [5.41, 5.74) is 15.7. The van der Waals surface area contributed by atoms with Crippen molar-refractivity contribution in [2.45, 2.75) is 13.0 Å². The van der Waals surface area contributed by atoms with Crippen LogP contribution in [0.2, 0.25) is 0 Å². The Hall–Kier alpha value is -3.06. The number of rotatable bonds is 5. The third-order valence-corrected chi connectivity index (χ3v) is 5.68. The average molecular weight is 398 g/mol. The highest BCUT2D eigenvalue weighted by atomic mass is 31.2. The van der Waals surface area contributed by atoms with E-state index in [1.165, 1.54) is 12.3 Å². The maximum absolute atomic E-state index is 11.8. The molecule has 0 saturated carbocycles. The first-order chi connectivity index (χ1) is 13.4. The molecule has 0 spiro atoms. The summed E-state index contributed by atoms with van der Waals surface area (Å²) in [5.74, 6) is 0.0450. The summed E-state index contributed by atoms with van der Waals surface area (Å²) in [6, 6.07) is 12.5. The third-order valence-electron chi connectivity index (χ3n) is 4.70. The van der Waals surface area contributed by atoms with E-state index in [9.17, 15) is 14.4 Å². The van der Waals surface area contributed by atoms with Crippen LogP contribution < -0.4 is 16.8 Å². The van der Waals surface area contributed by atoms with Crippen molar-refractivity contribution >= 4 is 35.3 Å². The van der Waals surface area contributed by atoms with Crippen molar-refractivity contribution in [3.63, 3.8) is 0 Å². The fourth-order valence-corrected chi connectivity index (χ4v) is 3.99. The lowest BCUT2D eigenvalue weighted by molar-refractivity contribution is 0.387. The molecule has 9 heteroatoms. The van der Waals surface area contributed by atoms with Crippen LogP contribution in [0.15, 0.2) is 59.5 Å². The molecule has 4 aromatic rings. The van der Waals surface area contributed by atoms with Crippen LogP contribution in [-0.2, 0) is 17.5 Å². The molecular weight excluding hydrogens is 379 g/mol. The van der Waals surface area contributed by atoms with Crippen molar-refractivity contribution in [3.8, 4) is 11.3 Å². The normalized spacial score (nSPS) is 11.9. The van der Waals surface area contributed by atoms with Gasteiger partial charge in [0.1, 0.15) is 5.30 Å². The van der Waals surface area contributed by atoms with Gasteiger partial charge in [0.05, 0.1) is 35.0 Å². The van der Waals surface area contributed by atoms with Crippen LogP contribution in [0, 0.1) is 0 Å². The molecule has 2 aromatic heterocycles. The van der Waals surface area contributed by atoms with Crippen molar-refractivity contribution in [1.82, 2.24) is 9.55 Å². The number of anilines is 2. The number of furan rings is 1. The number of aromatic nitrogens is 2. The van der Waals surface area contributed by atoms with E-state index in [1.807, 2.05) is 28.8 Å². The zero-order valence-electron chi connectivity index (χ0n) is 14.8.